The van der Waals surface area contributed by atoms with Gasteiger partial charge in [0.2, 0.25) is 0 Å². The van der Waals surface area contributed by atoms with Crippen LogP contribution in [0.1, 0.15) is 28.7 Å². The Bertz CT molecular complexity index is 577. The number of benzene rings is 1. The molecule has 1 aliphatic heterocycles. The van der Waals surface area contributed by atoms with E-state index in [1.54, 1.807) is 0 Å². The SMILES string of the molecule is Clc1ccc(C2CNCCC2c2cc(Br)c(Br)s2)cc1. The molecule has 0 radical (unpaired) electrons. The average Bonchev–Trinajstić information content (AvgIpc) is 2.79. The van der Waals surface area contributed by atoms with Crippen LogP contribution in [0.5, 0.6) is 0 Å². The highest BCUT2D eigenvalue weighted by Crippen LogP contribution is 2.44. The van der Waals surface area contributed by atoms with Crippen molar-refractivity contribution in [3.05, 3.63) is 54.1 Å². The van der Waals surface area contributed by atoms with Crippen molar-refractivity contribution in [2.24, 2.45) is 0 Å². The quantitative estimate of drug-likeness (QED) is 0.630. The molecule has 1 aromatic heterocycles. The molecule has 106 valence electrons. The summed E-state index contributed by atoms with van der Waals surface area (Å²) in [6.07, 6.45) is 1.17. The lowest BCUT2D eigenvalue weighted by atomic mass is 9.80. The Morgan fingerprint density at radius 2 is 1.90 bits per heavy atom. The molecule has 1 fully saturated rings. The third kappa shape index (κ3) is 3.14. The van der Waals surface area contributed by atoms with E-state index in [0.29, 0.717) is 11.8 Å². The number of rotatable bonds is 2. The summed E-state index contributed by atoms with van der Waals surface area (Å²) in [6, 6.07) is 10.6. The van der Waals surface area contributed by atoms with E-state index in [2.05, 4.69) is 55.4 Å². The normalized spacial score (nSPS) is 22.9. The molecule has 1 nitrogen and oxygen atoms in total. The van der Waals surface area contributed by atoms with Gasteiger partial charge in [0, 0.05) is 32.8 Å². The first-order valence-corrected chi connectivity index (χ1v) is 9.34. The largest absolute Gasteiger partial charge is 0.316 e. The molecule has 0 bridgehead atoms. The lowest BCUT2D eigenvalue weighted by Crippen LogP contribution is -2.33. The van der Waals surface area contributed by atoms with Gasteiger partial charge in [0.15, 0.2) is 0 Å². The maximum Gasteiger partial charge on any atom is 0.0843 e. The summed E-state index contributed by atoms with van der Waals surface area (Å²) < 4.78 is 2.34. The van der Waals surface area contributed by atoms with Gasteiger partial charge in [0.25, 0.3) is 0 Å². The zero-order valence-corrected chi connectivity index (χ0v) is 15.4. The number of hydrogen-bond donors (Lipinski definition) is 1. The van der Waals surface area contributed by atoms with Crippen LogP contribution >= 0.6 is 54.8 Å². The molecular weight excluding hydrogens is 422 g/mol. The van der Waals surface area contributed by atoms with Gasteiger partial charge in [-0.25, -0.2) is 0 Å². The van der Waals surface area contributed by atoms with E-state index < -0.39 is 0 Å². The summed E-state index contributed by atoms with van der Waals surface area (Å²) in [5.74, 6) is 1.09. The van der Waals surface area contributed by atoms with Crippen molar-refractivity contribution in [2.75, 3.05) is 13.1 Å². The average molecular weight is 436 g/mol. The van der Waals surface area contributed by atoms with Crippen LogP contribution < -0.4 is 5.32 Å². The van der Waals surface area contributed by atoms with Gasteiger partial charge >= 0.3 is 0 Å². The number of piperidine rings is 1. The first kappa shape index (κ1) is 15.0. The van der Waals surface area contributed by atoms with E-state index in [4.69, 9.17) is 11.6 Å². The predicted octanol–water partition coefficient (Wildman–Crippen LogP) is 5.79. The molecular formula is C15H14Br2ClNS. The molecule has 2 unspecified atom stereocenters. The first-order valence-electron chi connectivity index (χ1n) is 6.56. The van der Waals surface area contributed by atoms with Crippen LogP contribution in [0.25, 0.3) is 0 Å². The Labute approximate surface area is 145 Å². The lowest BCUT2D eigenvalue weighted by molar-refractivity contribution is 0.408. The molecule has 20 heavy (non-hydrogen) atoms. The monoisotopic (exact) mass is 433 g/mol. The second kappa shape index (κ2) is 6.49. The highest BCUT2D eigenvalue weighted by Gasteiger charge is 2.29. The van der Waals surface area contributed by atoms with Crippen LogP contribution in [-0.4, -0.2) is 13.1 Å². The van der Waals surface area contributed by atoms with Gasteiger partial charge < -0.3 is 5.32 Å². The minimum absolute atomic E-state index is 0.512. The van der Waals surface area contributed by atoms with Crippen molar-refractivity contribution in [2.45, 2.75) is 18.3 Å². The fraction of sp³-hybridized carbons (Fsp3) is 0.333. The summed E-state index contributed by atoms with van der Waals surface area (Å²) in [4.78, 5) is 1.45. The number of halogens is 3. The van der Waals surface area contributed by atoms with Crippen LogP contribution in [-0.2, 0) is 0 Å². The Morgan fingerprint density at radius 3 is 2.55 bits per heavy atom. The topological polar surface area (TPSA) is 12.0 Å². The van der Waals surface area contributed by atoms with Crippen molar-refractivity contribution in [3.8, 4) is 0 Å². The Balaban J connectivity index is 1.92. The van der Waals surface area contributed by atoms with Crippen molar-refractivity contribution < 1.29 is 0 Å². The Morgan fingerprint density at radius 1 is 1.15 bits per heavy atom. The van der Waals surface area contributed by atoms with Crippen LogP contribution in [0.3, 0.4) is 0 Å². The van der Waals surface area contributed by atoms with Gasteiger partial charge in [-0.15, -0.1) is 11.3 Å². The summed E-state index contributed by atoms with van der Waals surface area (Å²) in [6.45, 7) is 2.11. The summed E-state index contributed by atoms with van der Waals surface area (Å²) >= 11 is 15.0. The van der Waals surface area contributed by atoms with Crippen LogP contribution in [0.15, 0.2) is 38.6 Å². The number of nitrogens with one attached hydrogen (secondary N) is 1. The highest BCUT2D eigenvalue weighted by atomic mass is 79.9. The van der Waals surface area contributed by atoms with E-state index in [9.17, 15) is 0 Å². The molecule has 1 aliphatic rings. The first-order chi connectivity index (χ1) is 9.65. The smallest absolute Gasteiger partial charge is 0.0843 e. The molecule has 2 aromatic rings. The maximum atomic E-state index is 6.00. The standard InChI is InChI=1S/C15H14Br2ClNS/c16-13-7-14(20-15(13)17)11-5-6-19-8-12(11)9-1-3-10(18)4-2-9/h1-4,7,11-12,19H,5-6,8H2. The third-order valence-electron chi connectivity index (χ3n) is 3.81. The van der Waals surface area contributed by atoms with Crippen molar-refractivity contribution in [1.82, 2.24) is 5.32 Å². The predicted molar refractivity (Wildman–Crippen MR) is 94.1 cm³/mol. The van der Waals surface area contributed by atoms with E-state index in [1.807, 2.05) is 23.5 Å². The molecule has 0 saturated carbocycles. The molecule has 5 heteroatoms. The Hall–Kier alpha value is 0.130. The second-order valence-corrected chi connectivity index (χ2v) is 8.72. The van der Waals surface area contributed by atoms with E-state index in [1.165, 1.54) is 20.6 Å². The van der Waals surface area contributed by atoms with Crippen LogP contribution in [0.4, 0.5) is 0 Å². The lowest BCUT2D eigenvalue weighted by Gasteiger charge is -2.32. The third-order valence-corrected chi connectivity index (χ3v) is 7.45. The van der Waals surface area contributed by atoms with Crippen molar-refractivity contribution >= 4 is 54.8 Å². The van der Waals surface area contributed by atoms with Crippen LogP contribution in [0.2, 0.25) is 5.02 Å². The van der Waals surface area contributed by atoms with Gasteiger partial charge in [-0.1, -0.05) is 23.7 Å². The molecule has 2 heterocycles. The van der Waals surface area contributed by atoms with Gasteiger partial charge in [-0.2, -0.15) is 0 Å². The summed E-state index contributed by atoms with van der Waals surface area (Å²) in [7, 11) is 0. The summed E-state index contributed by atoms with van der Waals surface area (Å²) in [5, 5.41) is 4.32. The number of thiophene rings is 1. The molecule has 0 spiro atoms. The van der Waals surface area contributed by atoms with Gasteiger partial charge in [0.1, 0.15) is 0 Å². The minimum atomic E-state index is 0.512. The molecule has 2 atom stereocenters. The fourth-order valence-electron chi connectivity index (χ4n) is 2.81. The molecule has 1 aromatic carbocycles. The van der Waals surface area contributed by atoms with Gasteiger partial charge in [0.05, 0.1) is 3.79 Å². The van der Waals surface area contributed by atoms with E-state index >= 15 is 0 Å². The molecule has 0 aliphatic carbocycles. The zero-order valence-electron chi connectivity index (χ0n) is 10.7. The zero-order chi connectivity index (χ0) is 14.1. The number of hydrogen-bond acceptors (Lipinski definition) is 2. The minimum Gasteiger partial charge on any atom is -0.316 e. The summed E-state index contributed by atoms with van der Waals surface area (Å²) in [5.41, 5.74) is 1.37. The van der Waals surface area contributed by atoms with E-state index in [0.717, 1.165) is 22.6 Å². The Kier molecular flexibility index (Phi) is 4.88. The molecule has 0 amide bonds. The van der Waals surface area contributed by atoms with Crippen LogP contribution in [0, 0.1) is 0 Å². The van der Waals surface area contributed by atoms with Crippen molar-refractivity contribution in [3.63, 3.8) is 0 Å². The highest BCUT2D eigenvalue weighted by molar-refractivity contribution is 9.13. The van der Waals surface area contributed by atoms with Crippen molar-refractivity contribution in [1.29, 1.82) is 0 Å². The van der Waals surface area contributed by atoms with E-state index in [-0.39, 0.29) is 0 Å². The molecule has 1 N–H and O–H groups in total. The van der Waals surface area contributed by atoms with Gasteiger partial charge in [-0.05, 0) is 68.6 Å². The molecule has 1 saturated heterocycles. The van der Waals surface area contributed by atoms with Gasteiger partial charge in [-0.3, -0.25) is 0 Å². The molecule has 3 rings (SSSR count). The maximum absolute atomic E-state index is 6.00. The fourth-order valence-corrected chi connectivity index (χ4v) is 5.22. The second-order valence-electron chi connectivity index (χ2n) is 5.03.